The van der Waals surface area contributed by atoms with Crippen LogP contribution in [0.4, 0.5) is 0 Å². The lowest BCUT2D eigenvalue weighted by Gasteiger charge is -2.31. The first-order chi connectivity index (χ1) is 8.66. The second-order valence-corrected chi connectivity index (χ2v) is 4.83. The first-order valence-electron chi connectivity index (χ1n) is 6.41. The maximum atomic E-state index is 12.1. The molecule has 0 unspecified atom stereocenters. The summed E-state index contributed by atoms with van der Waals surface area (Å²) in [5.74, 6) is 0.331. The number of carbonyl (C=O) groups is 1. The van der Waals surface area contributed by atoms with Gasteiger partial charge in [0.1, 0.15) is 5.75 Å². The molecule has 4 heteroatoms. The Hall–Kier alpha value is -1.55. The van der Waals surface area contributed by atoms with Crippen LogP contribution in [0.5, 0.6) is 5.75 Å². The Kier molecular flexibility index (Phi) is 4.20. The molecular weight excluding hydrogens is 228 g/mol. The van der Waals surface area contributed by atoms with Gasteiger partial charge in [-0.3, -0.25) is 4.79 Å². The number of phenolic OH excluding ortho intramolecular Hbond substituents is 1. The van der Waals surface area contributed by atoms with E-state index in [1.54, 1.807) is 18.2 Å². The summed E-state index contributed by atoms with van der Waals surface area (Å²) in [6.45, 7) is 1.96. The zero-order valence-electron chi connectivity index (χ0n) is 10.7. The van der Waals surface area contributed by atoms with Crippen LogP contribution in [0.15, 0.2) is 24.3 Å². The summed E-state index contributed by atoms with van der Waals surface area (Å²) in [4.78, 5) is 14.0. The summed E-state index contributed by atoms with van der Waals surface area (Å²) in [5.41, 5.74) is 0.862. The van der Waals surface area contributed by atoms with Crippen LogP contribution < -0.4 is 5.32 Å². The van der Waals surface area contributed by atoms with Crippen LogP contribution in [0.2, 0.25) is 0 Å². The van der Waals surface area contributed by atoms with Crippen molar-refractivity contribution < 1.29 is 9.90 Å². The average Bonchev–Trinajstić information content (AvgIpc) is 2.39. The first kappa shape index (κ1) is 12.9. The van der Waals surface area contributed by atoms with Crippen LogP contribution in [0.25, 0.3) is 0 Å². The Labute approximate surface area is 108 Å². The number of rotatable bonds is 3. The van der Waals surface area contributed by atoms with Gasteiger partial charge in [0.15, 0.2) is 0 Å². The monoisotopic (exact) mass is 248 g/mol. The van der Waals surface area contributed by atoms with Crippen molar-refractivity contribution in [3.05, 3.63) is 29.8 Å². The van der Waals surface area contributed by atoms with E-state index in [2.05, 4.69) is 5.32 Å². The Morgan fingerprint density at radius 1 is 1.44 bits per heavy atom. The molecule has 98 valence electrons. The third kappa shape index (κ3) is 3.23. The van der Waals surface area contributed by atoms with Gasteiger partial charge < -0.3 is 15.3 Å². The molecule has 1 heterocycles. The minimum atomic E-state index is 0.118. The lowest BCUT2D eigenvalue weighted by atomic mass is 10.0. The van der Waals surface area contributed by atoms with Crippen molar-refractivity contribution in [2.45, 2.75) is 25.3 Å². The van der Waals surface area contributed by atoms with Crippen LogP contribution in [-0.4, -0.2) is 42.1 Å². The van der Waals surface area contributed by atoms with Gasteiger partial charge in [-0.25, -0.2) is 0 Å². The SMILES string of the molecule is CN(C(=O)Cc1cccc(O)c1)C1CCNCC1. The third-order valence-corrected chi connectivity index (χ3v) is 3.52. The molecule has 1 aromatic rings. The summed E-state index contributed by atoms with van der Waals surface area (Å²) in [6.07, 6.45) is 2.39. The number of phenols is 1. The molecule has 2 rings (SSSR count). The molecule has 0 radical (unpaired) electrons. The highest BCUT2D eigenvalue weighted by molar-refractivity contribution is 5.79. The zero-order valence-corrected chi connectivity index (χ0v) is 10.7. The molecule has 0 spiro atoms. The number of amides is 1. The van der Waals surface area contributed by atoms with Crippen LogP contribution in [0.1, 0.15) is 18.4 Å². The van der Waals surface area contributed by atoms with Crippen LogP contribution >= 0.6 is 0 Å². The number of aromatic hydroxyl groups is 1. The number of likely N-dealkylation sites (N-methyl/N-ethyl adjacent to an activating group) is 1. The predicted molar refractivity (Wildman–Crippen MR) is 70.5 cm³/mol. The molecule has 1 aromatic carbocycles. The number of nitrogens with one attached hydrogen (secondary N) is 1. The van der Waals surface area contributed by atoms with E-state index in [1.807, 2.05) is 18.0 Å². The summed E-state index contributed by atoms with van der Waals surface area (Å²) >= 11 is 0. The van der Waals surface area contributed by atoms with Crippen LogP contribution in [0, 0.1) is 0 Å². The largest absolute Gasteiger partial charge is 0.508 e. The highest BCUT2D eigenvalue weighted by Crippen LogP contribution is 2.15. The van der Waals surface area contributed by atoms with E-state index in [1.165, 1.54) is 0 Å². The van der Waals surface area contributed by atoms with Crippen molar-refractivity contribution in [3.63, 3.8) is 0 Å². The van der Waals surface area contributed by atoms with Crippen molar-refractivity contribution in [1.82, 2.24) is 10.2 Å². The molecular formula is C14H20N2O2. The van der Waals surface area contributed by atoms with Gasteiger partial charge in [0.25, 0.3) is 0 Å². The van der Waals surface area contributed by atoms with E-state index in [0.717, 1.165) is 31.5 Å². The van der Waals surface area contributed by atoms with Crippen molar-refractivity contribution in [2.75, 3.05) is 20.1 Å². The first-order valence-corrected chi connectivity index (χ1v) is 6.41. The number of piperidine rings is 1. The topological polar surface area (TPSA) is 52.6 Å². The quantitative estimate of drug-likeness (QED) is 0.843. The number of nitrogens with zero attached hydrogens (tertiary/aromatic N) is 1. The third-order valence-electron chi connectivity index (χ3n) is 3.52. The van der Waals surface area contributed by atoms with Gasteiger partial charge in [-0.1, -0.05) is 12.1 Å². The molecule has 1 fully saturated rings. The maximum Gasteiger partial charge on any atom is 0.226 e. The maximum absolute atomic E-state index is 12.1. The van der Waals surface area contributed by atoms with Gasteiger partial charge in [-0.05, 0) is 43.6 Å². The van der Waals surface area contributed by atoms with Crippen molar-refractivity contribution in [2.24, 2.45) is 0 Å². The van der Waals surface area contributed by atoms with Crippen molar-refractivity contribution in [1.29, 1.82) is 0 Å². The lowest BCUT2D eigenvalue weighted by Crippen LogP contribution is -2.44. The average molecular weight is 248 g/mol. The Morgan fingerprint density at radius 2 is 2.17 bits per heavy atom. The molecule has 1 amide bonds. The predicted octanol–water partition coefficient (Wildman–Crippen LogP) is 1.15. The molecule has 2 N–H and O–H groups in total. The molecule has 1 saturated heterocycles. The highest BCUT2D eigenvalue weighted by atomic mass is 16.3. The zero-order chi connectivity index (χ0) is 13.0. The molecule has 1 aliphatic heterocycles. The fourth-order valence-electron chi connectivity index (χ4n) is 2.36. The number of hydrogen-bond donors (Lipinski definition) is 2. The summed E-state index contributed by atoms with van der Waals surface area (Å²) in [6, 6.07) is 7.24. The molecule has 0 aliphatic carbocycles. The Morgan fingerprint density at radius 3 is 2.83 bits per heavy atom. The fraction of sp³-hybridized carbons (Fsp3) is 0.500. The number of carbonyl (C=O) groups excluding carboxylic acids is 1. The van der Waals surface area contributed by atoms with Crippen LogP contribution in [0.3, 0.4) is 0 Å². The minimum absolute atomic E-state index is 0.118. The van der Waals surface area contributed by atoms with Gasteiger partial charge in [-0.15, -0.1) is 0 Å². The van der Waals surface area contributed by atoms with Gasteiger partial charge in [0, 0.05) is 13.1 Å². The second kappa shape index (κ2) is 5.87. The second-order valence-electron chi connectivity index (χ2n) is 4.83. The number of hydrogen-bond acceptors (Lipinski definition) is 3. The molecule has 18 heavy (non-hydrogen) atoms. The summed E-state index contributed by atoms with van der Waals surface area (Å²) < 4.78 is 0. The Balaban J connectivity index is 1.94. The van der Waals surface area contributed by atoms with Gasteiger partial charge in [0.2, 0.25) is 5.91 Å². The van der Waals surface area contributed by atoms with Crippen molar-refractivity contribution in [3.8, 4) is 5.75 Å². The van der Waals surface area contributed by atoms with Crippen molar-refractivity contribution >= 4 is 5.91 Å². The standard InChI is InChI=1S/C14H20N2O2/c1-16(12-5-7-15-8-6-12)14(18)10-11-3-2-4-13(17)9-11/h2-4,9,12,15,17H,5-8,10H2,1H3. The normalized spacial score (nSPS) is 16.5. The van der Waals surface area contributed by atoms with Gasteiger partial charge >= 0.3 is 0 Å². The van der Waals surface area contributed by atoms with E-state index in [4.69, 9.17) is 0 Å². The molecule has 0 aromatic heterocycles. The molecule has 0 atom stereocenters. The van der Waals surface area contributed by atoms with E-state index < -0.39 is 0 Å². The summed E-state index contributed by atoms with van der Waals surface area (Å²) in [7, 11) is 1.88. The van der Waals surface area contributed by atoms with E-state index in [-0.39, 0.29) is 11.7 Å². The van der Waals surface area contributed by atoms with Gasteiger partial charge in [0.05, 0.1) is 6.42 Å². The van der Waals surface area contributed by atoms with E-state index in [0.29, 0.717) is 12.5 Å². The minimum Gasteiger partial charge on any atom is -0.508 e. The van der Waals surface area contributed by atoms with E-state index >= 15 is 0 Å². The molecule has 1 aliphatic rings. The molecule has 4 nitrogen and oxygen atoms in total. The van der Waals surface area contributed by atoms with E-state index in [9.17, 15) is 9.90 Å². The smallest absolute Gasteiger partial charge is 0.226 e. The van der Waals surface area contributed by atoms with Crippen LogP contribution in [-0.2, 0) is 11.2 Å². The number of benzene rings is 1. The molecule has 0 saturated carbocycles. The summed E-state index contributed by atoms with van der Waals surface area (Å²) in [5, 5.41) is 12.7. The Bertz CT molecular complexity index is 414. The highest BCUT2D eigenvalue weighted by Gasteiger charge is 2.21. The van der Waals surface area contributed by atoms with Gasteiger partial charge in [-0.2, -0.15) is 0 Å². The molecule has 0 bridgehead atoms. The lowest BCUT2D eigenvalue weighted by molar-refractivity contribution is -0.131. The fourth-order valence-corrected chi connectivity index (χ4v) is 2.36.